The molecular formula is C85H166O17P2. The van der Waals surface area contributed by atoms with Gasteiger partial charge in [-0.05, 0) is 25.7 Å². The average molecular weight is 1520 g/mol. The fraction of sp³-hybridized carbons (Fsp3) is 0.953. The van der Waals surface area contributed by atoms with Crippen LogP contribution < -0.4 is 0 Å². The first kappa shape index (κ1) is 102. The number of phosphoric acid groups is 2. The van der Waals surface area contributed by atoms with Crippen molar-refractivity contribution in [3.05, 3.63) is 0 Å². The molecule has 0 aromatic carbocycles. The molecule has 0 heterocycles. The molecule has 0 aliphatic rings. The molecule has 17 nitrogen and oxygen atoms in total. The number of carbonyl (C=O) groups is 4. The molecule has 0 rings (SSSR count). The van der Waals surface area contributed by atoms with Gasteiger partial charge in [-0.25, -0.2) is 9.13 Å². The molecule has 5 atom stereocenters. The Hall–Kier alpha value is -1.94. The van der Waals surface area contributed by atoms with Crippen LogP contribution in [0.5, 0.6) is 0 Å². The normalized spacial score (nSPS) is 13.7. The quantitative estimate of drug-likeness (QED) is 0.0222. The number of unbranched alkanes of at least 4 members (excludes halogenated alkanes) is 60. The zero-order valence-electron chi connectivity index (χ0n) is 68.0. The maximum Gasteiger partial charge on any atom is 0.472 e. The van der Waals surface area contributed by atoms with E-state index in [9.17, 15) is 43.2 Å². The second-order valence-corrected chi connectivity index (χ2v) is 33.5. The zero-order chi connectivity index (χ0) is 76.0. The van der Waals surface area contributed by atoms with E-state index in [1.54, 1.807) is 0 Å². The van der Waals surface area contributed by atoms with Crippen molar-refractivity contribution in [1.29, 1.82) is 0 Å². The number of aliphatic hydroxyl groups is 1. The third-order valence-electron chi connectivity index (χ3n) is 20.1. The fourth-order valence-corrected chi connectivity index (χ4v) is 14.9. The highest BCUT2D eigenvalue weighted by Gasteiger charge is 2.30. The van der Waals surface area contributed by atoms with Crippen LogP contribution in [0, 0.1) is 0 Å². The third-order valence-corrected chi connectivity index (χ3v) is 22.0. The van der Waals surface area contributed by atoms with Crippen molar-refractivity contribution in [2.45, 2.75) is 483 Å². The van der Waals surface area contributed by atoms with Crippen molar-refractivity contribution >= 4 is 39.5 Å². The minimum atomic E-state index is -4.96. The summed E-state index contributed by atoms with van der Waals surface area (Å²) in [5.41, 5.74) is 0. The van der Waals surface area contributed by atoms with Crippen LogP contribution in [0.1, 0.15) is 464 Å². The van der Waals surface area contributed by atoms with Gasteiger partial charge in [-0.1, -0.05) is 413 Å². The molecule has 0 fully saturated rings. The van der Waals surface area contributed by atoms with Crippen LogP contribution >= 0.6 is 15.6 Å². The lowest BCUT2D eigenvalue weighted by atomic mass is 10.0. The highest BCUT2D eigenvalue weighted by atomic mass is 31.2. The van der Waals surface area contributed by atoms with Gasteiger partial charge in [0, 0.05) is 25.7 Å². The molecule has 0 amide bonds. The topological polar surface area (TPSA) is 237 Å². The molecule has 618 valence electrons. The molecule has 0 aromatic rings. The SMILES string of the molecule is CCCCCCCCCCCCCCCCCCCCCCCC(=O)O[C@H](COC(=O)CCCCCCCCCCCCCCCCCCC)COP(=O)(O)OC[C@@H](O)COP(=O)(O)OC[C@@H](COC(=O)CCCCCCCCCCCCCCC)OC(=O)CCCCCCCCCCCCCCC. The van der Waals surface area contributed by atoms with Gasteiger partial charge >= 0.3 is 39.5 Å². The second kappa shape index (κ2) is 79.2. The van der Waals surface area contributed by atoms with Crippen molar-refractivity contribution in [2.75, 3.05) is 39.6 Å². The summed E-state index contributed by atoms with van der Waals surface area (Å²) in [6.07, 6.45) is 73.5. The Labute approximate surface area is 638 Å². The summed E-state index contributed by atoms with van der Waals surface area (Å²) in [5.74, 6) is -2.10. The van der Waals surface area contributed by atoms with Crippen molar-refractivity contribution in [1.82, 2.24) is 0 Å². The van der Waals surface area contributed by atoms with Gasteiger partial charge in [0.05, 0.1) is 26.4 Å². The van der Waals surface area contributed by atoms with Gasteiger partial charge in [-0.15, -0.1) is 0 Å². The van der Waals surface area contributed by atoms with Gasteiger partial charge in [0.2, 0.25) is 0 Å². The Morgan fingerprint density at radius 3 is 0.567 bits per heavy atom. The Kier molecular flexibility index (Phi) is 77.7. The molecule has 0 radical (unpaired) electrons. The maximum absolute atomic E-state index is 13.1. The average Bonchev–Trinajstić information content (AvgIpc) is 0.909. The van der Waals surface area contributed by atoms with Crippen molar-refractivity contribution in [3.8, 4) is 0 Å². The van der Waals surface area contributed by atoms with Crippen molar-refractivity contribution in [2.24, 2.45) is 0 Å². The van der Waals surface area contributed by atoms with Gasteiger partial charge in [0.1, 0.15) is 19.3 Å². The number of esters is 4. The van der Waals surface area contributed by atoms with Crippen LogP contribution in [-0.4, -0.2) is 96.7 Å². The van der Waals surface area contributed by atoms with E-state index in [2.05, 4.69) is 27.7 Å². The molecular weight excluding hydrogens is 1350 g/mol. The number of hydrogen-bond acceptors (Lipinski definition) is 15. The van der Waals surface area contributed by atoms with Crippen LogP contribution in [0.4, 0.5) is 0 Å². The largest absolute Gasteiger partial charge is 0.472 e. The zero-order valence-corrected chi connectivity index (χ0v) is 69.8. The molecule has 0 aromatic heterocycles. The second-order valence-electron chi connectivity index (χ2n) is 30.6. The van der Waals surface area contributed by atoms with E-state index >= 15 is 0 Å². The standard InChI is InChI=1S/C85H166O17P2/c1-5-9-13-17-21-25-29-33-35-37-38-39-40-42-44-48-52-56-60-64-68-72-85(90)102-81(76-96-83(88)70-66-62-58-54-50-47-43-41-36-34-30-26-22-18-14-10-6-2)78-100-104(93,94)98-74-79(86)73-97-103(91,92)99-77-80(101-84(89)71-67-63-59-55-51-46-32-28-24-20-16-12-8-4)75-95-82(87)69-65-61-57-53-49-45-31-27-23-19-15-11-7-3/h79-81,86H,5-78H2,1-4H3,(H,91,92)(H,93,94)/t79-,80+,81+/m0/s1. The summed E-state index contributed by atoms with van der Waals surface area (Å²) >= 11 is 0. The monoisotopic (exact) mass is 1520 g/mol. The summed E-state index contributed by atoms with van der Waals surface area (Å²) in [6.45, 7) is 5.06. The summed E-state index contributed by atoms with van der Waals surface area (Å²) in [7, 11) is -9.92. The van der Waals surface area contributed by atoms with E-state index < -0.39 is 97.5 Å². The summed E-state index contributed by atoms with van der Waals surface area (Å²) in [4.78, 5) is 73.2. The number of hydrogen-bond donors (Lipinski definition) is 3. The summed E-state index contributed by atoms with van der Waals surface area (Å²) < 4.78 is 68.9. The first-order valence-electron chi connectivity index (χ1n) is 44.3. The molecule has 19 heteroatoms. The van der Waals surface area contributed by atoms with Gasteiger partial charge in [-0.2, -0.15) is 0 Å². The number of carbonyl (C=O) groups excluding carboxylic acids is 4. The van der Waals surface area contributed by atoms with E-state index in [4.69, 9.17) is 37.0 Å². The Balaban J connectivity index is 5.24. The van der Waals surface area contributed by atoms with Crippen molar-refractivity contribution < 1.29 is 80.2 Å². The Morgan fingerprint density at radius 1 is 0.231 bits per heavy atom. The molecule has 0 bridgehead atoms. The lowest BCUT2D eigenvalue weighted by molar-refractivity contribution is -0.161. The van der Waals surface area contributed by atoms with Crippen LogP contribution in [0.2, 0.25) is 0 Å². The van der Waals surface area contributed by atoms with Gasteiger partial charge in [0.25, 0.3) is 0 Å². The fourth-order valence-electron chi connectivity index (χ4n) is 13.3. The van der Waals surface area contributed by atoms with E-state index in [1.807, 2.05) is 0 Å². The number of aliphatic hydroxyl groups excluding tert-OH is 1. The van der Waals surface area contributed by atoms with E-state index in [0.29, 0.717) is 25.7 Å². The first-order chi connectivity index (χ1) is 50.7. The molecule has 0 aliphatic carbocycles. The maximum atomic E-state index is 13.1. The Bertz CT molecular complexity index is 1960. The minimum Gasteiger partial charge on any atom is -0.462 e. The molecule has 2 unspecified atom stereocenters. The van der Waals surface area contributed by atoms with E-state index in [-0.39, 0.29) is 25.7 Å². The highest BCUT2D eigenvalue weighted by molar-refractivity contribution is 7.47. The predicted octanol–water partition coefficient (Wildman–Crippen LogP) is 26.1. The van der Waals surface area contributed by atoms with Crippen molar-refractivity contribution in [3.63, 3.8) is 0 Å². The van der Waals surface area contributed by atoms with Crippen LogP contribution in [0.3, 0.4) is 0 Å². The van der Waals surface area contributed by atoms with E-state index in [1.165, 1.54) is 295 Å². The molecule has 3 N–H and O–H groups in total. The van der Waals surface area contributed by atoms with Gasteiger partial charge < -0.3 is 33.8 Å². The lowest BCUT2D eigenvalue weighted by Gasteiger charge is -2.21. The first-order valence-corrected chi connectivity index (χ1v) is 47.3. The van der Waals surface area contributed by atoms with Gasteiger partial charge in [-0.3, -0.25) is 37.3 Å². The smallest absolute Gasteiger partial charge is 0.462 e. The van der Waals surface area contributed by atoms with Crippen LogP contribution in [0.25, 0.3) is 0 Å². The molecule has 0 spiro atoms. The number of ether oxygens (including phenoxy) is 4. The number of phosphoric ester groups is 2. The van der Waals surface area contributed by atoms with E-state index in [0.717, 1.165) is 89.9 Å². The molecule has 0 saturated carbocycles. The molecule has 0 saturated heterocycles. The summed E-state index contributed by atoms with van der Waals surface area (Å²) in [6, 6.07) is 0. The Morgan fingerprint density at radius 2 is 0.385 bits per heavy atom. The minimum absolute atomic E-state index is 0.109. The highest BCUT2D eigenvalue weighted by Crippen LogP contribution is 2.45. The van der Waals surface area contributed by atoms with Gasteiger partial charge in [0.15, 0.2) is 12.2 Å². The predicted molar refractivity (Wildman–Crippen MR) is 428 cm³/mol. The third kappa shape index (κ3) is 78.2. The van der Waals surface area contributed by atoms with Crippen LogP contribution in [0.15, 0.2) is 0 Å². The summed E-state index contributed by atoms with van der Waals surface area (Å²) in [5, 5.41) is 10.7. The number of rotatable bonds is 86. The lowest BCUT2D eigenvalue weighted by Crippen LogP contribution is -2.30. The van der Waals surface area contributed by atoms with Crippen LogP contribution in [-0.2, 0) is 65.4 Å². The molecule has 104 heavy (non-hydrogen) atoms. The molecule has 0 aliphatic heterocycles.